The molecule has 0 aromatic rings. The minimum atomic E-state index is -1.15. The molecule has 0 heterocycles. The summed E-state index contributed by atoms with van der Waals surface area (Å²) in [5.41, 5.74) is 5.24. The van der Waals surface area contributed by atoms with Gasteiger partial charge < -0.3 is 26.2 Å². The number of aliphatic hydroxyl groups excluding tert-OH is 2. The van der Waals surface area contributed by atoms with E-state index in [0.29, 0.717) is 0 Å². The van der Waals surface area contributed by atoms with Crippen molar-refractivity contribution in [1.29, 1.82) is 0 Å². The molecule has 0 aliphatic heterocycles. The summed E-state index contributed by atoms with van der Waals surface area (Å²) in [5.74, 6) is -2.26. The van der Waals surface area contributed by atoms with Crippen molar-refractivity contribution in [3.63, 3.8) is 0 Å². The monoisotopic (exact) mass is 265 g/mol. The first-order valence-electron chi connectivity index (χ1n) is 5.36. The second-order valence-corrected chi connectivity index (χ2v) is 3.74. The van der Waals surface area contributed by atoms with Crippen molar-refractivity contribution in [2.75, 3.05) is 13.1 Å². The van der Waals surface area contributed by atoms with Crippen molar-refractivity contribution in [3.05, 3.63) is 0 Å². The van der Waals surface area contributed by atoms with Gasteiger partial charge in [-0.15, -0.1) is 0 Å². The summed E-state index contributed by atoms with van der Waals surface area (Å²) in [6, 6.07) is -1.04. The number of aliphatic hydroxyl groups is 2. The molecule has 0 bridgehead atoms. The molecule has 0 fully saturated rings. The minimum absolute atomic E-state index is 0.0727. The second-order valence-electron chi connectivity index (χ2n) is 3.74. The molecular weight excluding hydrogens is 246 g/mol. The Morgan fingerprint density at radius 2 is 1.67 bits per heavy atom. The zero-order valence-electron chi connectivity index (χ0n) is 9.74. The molecule has 0 spiro atoms. The summed E-state index contributed by atoms with van der Waals surface area (Å²) in [6.07, 6.45) is -1.94. The summed E-state index contributed by atoms with van der Waals surface area (Å²) in [6.45, 7) is -0.473. The maximum atomic E-state index is 10.4. The fourth-order valence-corrected chi connectivity index (χ4v) is 1.09. The number of carbonyl (C=O) groups is 2. The molecule has 0 amide bonds. The van der Waals surface area contributed by atoms with Gasteiger partial charge in [0.05, 0.1) is 6.54 Å². The van der Waals surface area contributed by atoms with E-state index < -0.39 is 37.0 Å². The van der Waals surface area contributed by atoms with Crippen LogP contribution in [0.1, 0.15) is 12.8 Å². The third-order valence-electron chi connectivity index (χ3n) is 2.10. The Morgan fingerprint density at radius 3 is 2.17 bits per heavy atom. The number of hydrogen-bond acceptors (Lipinski definition) is 7. The Bertz CT molecular complexity index is 275. The van der Waals surface area contributed by atoms with Crippen molar-refractivity contribution >= 4 is 11.9 Å². The van der Waals surface area contributed by atoms with Crippen LogP contribution < -0.4 is 16.4 Å². The smallest absolute Gasteiger partial charge is 0.320 e. The Balaban J connectivity index is 3.66. The summed E-state index contributed by atoms with van der Waals surface area (Å²) < 4.78 is 0. The van der Waals surface area contributed by atoms with Gasteiger partial charge >= 0.3 is 11.9 Å². The highest BCUT2D eigenvalue weighted by Crippen LogP contribution is 1.98. The lowest BCUT2D eigenvalue weighted by atomic mass is 10.1. The third-order valence-corrected chi connectivity index (χ3v) is 2.10. The van der Waals surface area contributed by atoms with Crippen molar-refractivity contribution in [1.82, 2.24) is 10.6 Å². The summed E-state index contributed by atoms with van der Waals surface area (Å²) >= 11 is 0. The SMILES string of the molecule is NC(CCC(O)NCC(O)NCC(=O)O)C(=O)O. The molecule has 0 aromatic heterocycles. The molecule has 0 rings (SSSR count). The first-order chi connectivity index (χ1) is 8.32. The molecule has 0 aliphatic rings. The Kier molecular flexibility index (Phi) is 8.16. The van der Waals surface area contributed by atoms with Gasteiger partial charge in [-0.05, 0) is 12.8 Å². The molecule has 0 aliphatic carbocycles. The van der Waals surface area contributed by atoms with Gasteiger partial charge in [0.1, 0.15) is 18.5 Å². The number of nitrogens with one attached hydrogen (secondary N) is 2. The Labute approximate surface area is 104 Å². The average Bonchev–Trinajstić information content (AvgIpc) is 2.30. The standard InChI is InChI=1S/C9H19N3O6/c10-5(9(17)18)1-2-6(13)11-3-7(14)12-4-8(15)16/h5-7,11-14H,1-4,10H2,(H,15,16)(H,17,18). The molecule has 9 heteroatoms. The Hall–Kier alpha value is -1.26. The van der Waals surface area contributed by atoms with Crippen LogP contribution in [0, 0.1) is 0 Å². The van der Waals surface area contributed by atoms with Crippen LogP contribution >= 0.6 is 0 Å². The molecule has 18 heavy (non-hydrogen) atoms. The van der Waals surface area contributed by atoms with Crippen LogP contribution in [-0.2, 0) is 9.59 Å². The van der Waals surface area contributed by atoms with E-state index in [1.165, 1.54) is 0 Å². The predicted molar refractivity (Wildman–Crippen MR) is 60.5 cm³/mol. The van der Waals surface area contributed by atoms with Gasteiger partial charge in [-0.2, -0.15) is 0 Å². The lowest BCUT2D eigenvalue weighted by molar-refractivity contribution is -0.139. The maximum Gasteiger partial charge on any atom is 0.320 e. The molecule has 9 nitrogen and oxygen atoms in total. The molecule has 0 aromatic carbocycles. The quantitative estimate of drug-likeness (QED) is 0.205. The number of carboxylic acid groups (broad SMARTS) is 2. The van der Waals surface area contributed by atoms with Crippen molar-refractivity contribution in [2.45, 2.75) is 31.3 Å². The summed E-state index contributed by atoms with van der Waals surface area (Å²) in [7, 11) is 0. The van der Waals surface area contributed by atoms with Crippen molar-refractivity contribution < 1.29 is 30.0 Å². The molecule has 3 unspecified atom stereocenters. The van der Waals surface area contributed by atoms with E-state index in [9.17, 15) is 19.8 Å². The lowest BCUT2D eigenvalue weighted by Crippen LogP contribution is -2.44. The topological polar surface area (TPSA) is 165 Å². The Morgan fingerprint density at radius 1 is 1.06 bits per heavy atom. The fourth-order valence-electron chi connectivity index (χ4n) is 1.09. The van der Waals surface area contributed by atoms with E-state index in [-0.39, 0.29) is 19.4 Å². The van der Waals surface area contributed by atoms with E-state index in [2.05, 4.69) is 10.6 Å². The molecular formula is C9H19N3O6. The van der Waals surface area contributed by atoms with E-state index in [1.54, 1.807) is 0 Å². The second kappa shape index (κ2) is 8.78. The first kappa shape index (κ1) is 16.7. The highest BCUT2D eigenvalue weighted by atomic mass is 16.4. The van der Waals surface area contributed by atoms with Gasteiger partial charge in [-0.3, -0.25) is 20.2 Å². The van der Waals surface area contributed by atoms with E-state index >= 15 is 0 Å². The largest absolute Gasteiger partial charge is 0.480 e. The lowest BCUT2D eigenvalue weighted by Gasteiger charge is -2.17. The molecule has 0 saturated heterocycles. The molecule has 106 valence electrons. The van der Waals surface area contributed by atoms with Crippen LogP contribution in [0.25, 0.3) is 0 Å². The van der Waals surface area contributed by atoms with Gasteiger partial charge in [0, 0.05) is 6.54 Å². The van der Waals surface area contributed by atoms with Gasteiger partial charge in [0.15, 0.2) is 0 Å². The van der Waals surface area contributed by atoms with Crippen LogP contribution in [0.5, 0.6) is 0 Å². The van der Waals surface area contributed by atoms with Gasteiger partial charge in [-0.1, -0.05) is 0 Å². The van der Waals surface area contributed by atoms with Crippen LogP contribution in [-0.4, -0.2) is 64.0 Å². The van der Waals surface area contributed by atoms with Crippen LogP contribution in [0.3, 0.4) is 0 Å². The first-order valence-corrected chi connectivity index (χ1v) is 5.36. The summed E-state index contributed by atoms with van der Waals surface area (Å²) in [5, 5.41) is 40.2. The average molecular weight is 265 g/mol. The number of hydrogen-bond donors (Lipinski definition) is 7. The van der Waals surface area contributed by atoms with E-state index in [4.69, 9.17) is 15.9 Å². The molecule has 0 saturated carbocycles. The number of aliphatic carboxylic acids is 2. The van der Waals surface area contributed by atoms with E-state index in [1.807, 2.05) is 0 Å². The van der Waals surface area contributed by atoms with Gasteiger partial charge in [0.2, 0.25) is 0 Å². The highest BCUT2D eigenvalue weighted by molar-refractivity contribution is 5.72. The van der Waals surface area contributed by atoms with Crippen molar-refractivity contribution in [3.8, 4) is 0 Å². The maximum absolute atomic E-state index is 10.4. The van der Waals surface area contributed by atoms with Crippen LogP contribution in [0.15, 0.2) is 0 Å². The van der Waals surface area contributed by atoms with E-state index in [0.717, 1.165) is 0 Å². The minimum Gasteiger partial charge on any atom is -0.480 e. The van der Waals surface area contributed by atoms with Crippen molar-refractivity contribution in [2.24, 2.45) is 5.73 Å². The fraction of sp³-hybridized carbons (Fsp3) is 0.778. The third kappa shape index (κ3) is 8.84. The van der Waals surface area contributed by atoms with Gasteiger partial charge in [0.25, 0.3) is 0 Å². The van der Waals surface area contributed by atoms with Gasteiger partial charge in [-0.25, -0.2) is 0 Å². The normalized spacial score (nSPS) is 15.9. The number of carboxylic acids is 2. The molecule has 0 radical (unpaired) electrons. The molecule has 8 N–H and O–H groups in total. The summed E-state index contributed by atoms with van der Waals surface area (Å²) in [4.78, 5) is 20.6. The zero-order chi connectivity index (χ0) is 14.1. The predicted octanol–water partition coefficient (Wildman–Crippen LogP) is -2.92. The number of nitrogens with two attached hydrogens (primary N) is 1. The molecule has 3 atom stereocenters. The van der Waals surface area contributed by atoms with Crippen LogP contribution in [0.2, 0.25) is 0 Å². The zero-order valence-corrected chi connectivity index (χ0v) is 9.74. The highest BCUT2D eigenvalue weighted by Gasteiger charge is 2.14. The van der Waals surface area contributed by atoms with Crippen LogP contribution in [0.4, 0.5) is 0 Å². The number of rotatable bonds is 10.